The third-order valence-corrected chi connectivity index (χ3v) is 5.61. The maximum atomic E-state index is 12.6. The fourth-order valence-corrected chi connectivity index (χ4v) is 4.39. The summed E-state index contributed by atoms with van der Waals surface area (Å²) in [6.07, 6.45) is 0.787. The molecule has 1 fully saturated rings. The normalized spacial score (nSPS) is 18.2. The lowest BCUT2D eigenvalue weighted by molar-refractivity contribution is 0.0766. The van der Waals surface area contributed by atoms with Gasteiger partial charge in [-0.2, -0.15) is 11.8 Å². The molecule has 1 aromatic carbocycles. The molecule has 1 saturated heterocycles. The number of aromatic amines is 1. The summed E-state index contributed by atoms with van der Waals surface area (Å²) in [6, 6.07) is 10.3. The predicted molar refractivity (Wildman–Crippen MR) is 95.9 cm³/mol. The van der Waals surface area contributed by atoms with Crippen molar-refractivity contribution in [3.8, 4) is 5.88 Å². The van der Waals surface area contributed by atoms with E-state index in [9.17, 15) is 14.7 Å². The van der Waals surface area contributed by atoms with E-state index in [2.05, 4.69) is 4.98 Å². The smallest absolute Gasteiger partial charge is 0.254 e. The zero-order chi connectivity index (χ0) is 17.1. The van der Waals surface area contributed by atoms with Crippen LogP contribution in [0.5, 0.6) is 5.88 Å². The van der Waals surface area contributed by atoms with Gasteiger partial charge in [-0.25, -0.2) is 0 Å². The summed E-state index contributed by atoms with van der Waals surface area (Å²) in [7, 11) is 0. The maximum Gasteiger partial charge on any atom is 0.254 e. The first-order valence-corrected chi connectivity index (χ1v) is 9.06. The second-order valence-electron chi connectivity index (χ2n) is 5.58. The van der Waals surface area contributed by atoms with E-state index in [1.807, 2.05) is 24.3 Å². The van der Waals surface area contributed by atoms with Gasteiger partial charge in [-0.1, -0.05) is 29.8 Å². The number of carbonyl (C=O) groups is 1. The van der Waals surface area contributed by atoms with Crippen LogP contribution in [0, 0.1) is 0 Å². The topological polar surface area (TPSA) is 73.4 Å². The first-order chi connectivity index (χ1) is 11.5. The number of amides is 1. The van der Waals surface area contributed by atoms with Crippen molar-refractivity contribution >= 4 is 29.3 Å². The zero-order valence-corrected chi connectivity index (χ0v) is 14.4. The summed E-state index contributed by atoms with van der Waals surface area (Å²) in [4.78, 5) is 28.0. The molecule has 2 heterocycles. The standard InChI is InChI=1S/C17H17ClN2O3S/c18-13-4-2-1-3-12(13)14-5-6-20(7-8-24-14)17(23)11-9-15(21)19-16(22)10-11/h1-4,9-10,14H,5-8H2,(H2,19,21,22). The van der Waals surface area contributed by atoms with Crippen molar-refractivity contribution in [3.63, 3.8) is 0 Å². The highest BCUT2D eigenvalue weighted by atomic mass is 35.5. The third kappa shape index (κ3) is 3.76. The number of H-pyrrole nitrogens is 1. The Kier molecular flexibility index (Phi) is 5.16. The van der Waals surface area contributed by atoms with E-state index in [-0.39, 0.29) is 22.6 Å². The lowest BCUT2D eigenvalue weighted by Gasteiger charge is -2.20. The minimum atomic E-state index is -0.489. The van der Waals surface area contributed by atoms with Gasteiger partial charge in [0.25, 0.3) is 11.5 Å². The van der Waals surface area contributed by atoms with Gasteiger partial charge < -0.3 is 10.0 Å². The summed E-state index contributed by atoms with van der Waals surface area (Å²) in [5.41, 5.74) is 0.807. The van der Waals surface area contributed by atoms with Gasteiger partial charge >= 0.3 is 0 Å². The Bertz CT molecular complexity index is 808. The summed E-state index contributed by atoms with van der Waals surface area (Å²) in [6.45, 7) is 1.17. The van der Waals surface area contributed by atoms with Crippen LogP contribution in [0.2, 0.25) is 5.02 Å². The van der Waals surface area contributed by atoms with Crippen LogP contribution in [0.4, 0.5) is 0 Å². The maximum absolute atomic E-state index is 12.6. The number of carbonyl (C=O) groups excluding carboxylic acids is 1. The molecule has 7 heteroatoms. The van der Waals surface area contributed by atoms with Crippen LogP contribution in [-0.4, -0.2) is 39.7 Å². The molecule has 0 spiro atoms. The molecule has 126 valence electrons. The van der Waals surface area contributed by atoms with Crippen LogP contribution in [0.3, 0.4) is 0 Å². The Labute approximate surface area is 148 Å². The fourth-order valence-electron chi connectivity index (χ4n) is 2.79. The molecule has 1 atom stereocenters. The molecule has 2 N–H and O–H groups in total. The van der Waals surface area contributed by atoms with Gasteiger partial charge in [0.05, 0.1) is 5.56 Å². The summed E-state index contributed by atoms with van der Waals surface area (Å²) < 4.78 is 0. The average Bonchev–Trinajstić information content (AvgIpc) is 2.79. The highest BCUT2D eigenvalue weighted by Crippen LogP contribution is 2.37. The van der Waals surface area contributed by atoms with Crippen LogP contribution in [0.1, 0.15) is 27.6 Å². The molecule has 1 aliphatic heterocycles. The molecule has 1 unspecified atom stereocenters. The SMILES string of the molecule is O=C(c1cc(O)[nH]c(=O)c1)N1CCSC(c2ccccc2Cl)CC1. The van der Waals surface area contributed by atoms with E-state index in [1.165, 1.54) is 12.1 Å². The van der Waals surface area contributed by atoms with E-state index in [1.54, 1.807) is 16.7 Å². The molecule has 0 saturated carbocycles. The minimum Gasteiger partial charge on any atom is -0.494 e. The number of aromatic hydroxyl groups is 1. The highest BCUT2D eigenvalue weighted by Gasteiger charge is 2.24. The van der Waals surface area contributed by atoms with E-state index in [4.69, 9.17) is 11.6 Å². The Morgan fingerprint density at radius 3 is 2.83 bits per heavy atom. The van der Waals surface area contributed by atoms with E-state index in [0.717, 1.165) is 22.8 Å². The molecule has 5 nitrogen and oxygen atoms in total. The van der Waals surface area contributed by atoms with Gasteiger partial charge in [-0.05, 0) is 18.1 Å². The Balaban J connectivity index is 1.74. The first-order valence-electron chi connectivity index (χ1n) is 7.63. The molecular formula is C17H17ClN2O3S. The van der Waals surface area contributed by atoms with Gasteiger partial charge in [0.1, 0.15) is 0 Å². The number of pyridine rings is 1. The number of nitrogens with zero attached hydrogens (tertiary/aromatic N) is 1. The first kappa shape index (κ1) is 16.9. The number of halogens is 1. The van der Waals surface area contributed by atoms with Gasteiger partial charge in [-0.3, -0.25) is 14.6 Å². The molecule has 0 radical (unpaired) electrons. The molecule has 2 aromatic rings. The number of aromatic nitrogens is 1. The number of benzene rings is 1. The van der Waals surface area contributed by atoms with Crippen molar-refractivity contribution in [3.05, 3.63) is 62.9 Å². The Hall–Kier alpha value is -1.92. The fraction of sp³-hybridized carbons (Fsp3) is 0.294. The third-order valence-electron chi connectivity index (χ3n) is 3.96. The number of hydrogen-bond acceptors (Lipinski definition) is 4. The van der Waals surface area contributed by atoms with Crippen LogP contribution in [0.15, 0.2) is 41.2 Å². The molecule has 24 heavy (non-hydrogen) atoms. The summed E-state index contributed by atoms with van der Waals surface area (Å²) >= 11 is 8.06. The second-order valence-corrected chi connectivity index (χ2v) is 7.30. The molecule has 0 bridgehead atoms. The predicted octanol–water partition coefficient (Wildman–Crippen LogP) is 3.05. The van der Waals surface area contributed by atoms with Crippen molar-refractivity contribution < 1.29 is 9.90 Å². The molecule has 3 rings (SSSR count). The van der Waals surface area contributed by atoms with E-state index < -0.39 is 5.56 Å². The monoisotopic (exact) mass is 364 g/mol. The van der Waals surface area contributed by atoms with Gasteiger partial charge in [0.2, 0.25) is 0 Å². The highest BCUT2D eigenvalue weighted by molar-refractivity contribution is 7.99. The van der Waals surface area contributed by atoms with E-state index >= 15 is 0 Å². The quantitative estimate of drug-likeness (QED) is 0.859. The molecule has 1 amide bonds. The zero-order valence-electron chi connectivity index (χ0n) is 12.9. The van der Waals surface area contributed by atoms with Crippen LogP contribution in [-0.2, 0) is 0 Å². The van der Waals surface area contributed by atoms with Crippen molar-refractivity contribution in [1.29, 1.82) is 0 Å². The average molecular weight is 365 g/mol. The van der Waals surface area contributed by atoms with E-state index in [0.29, 0.717) is 13.1 Å². The van der Waals surface area contributed by atoms with Crippen LogP contribution in [0.25, 0.3) is 0 Å². The van der Waals surface area contributed by atoms with Gasteiger partial charge in [0, 0.05) is 41.2 Å². The summed E-state index contributed by atoms with van der Waals surface area (Å²) in [5, 5.41) is 10.5. The molecule has 0 aliphatic carbocycles. The number of thioether (sulfide) groups is 1. The van der Waals surface area contributed by atoms with Crippen LogP contribution >= 0.6 is 23.4 Å². The van der Waals surface area contributed by atoms with Crippen LogP contribution < -0.4 is 5.56 Å². The van der Waals surface area contributed by atoms with Crippen molar-refractivity contribution in [2.75, 3.05) is 18.8 Å². The molecule has 1 aliphatic rings. The van der Waals surface area contributed by atoms with Gasteiger partial charge in [-0.15, -0.1) is 0 Å². The Morgan fingerprint density at radius 2 is 2.08 bits per heavy atom. The largest absolute Gasteiger partial charge is 0.494 e. The minimum absolute atomic E-state index is 0.206. The number of hydrogen-bond donors (Lipinski definition) is 2. The lowest BCUT2D eigenvalue weighted by atomic mass is 10.1. The summed E-state index contributed by atoms with van der Waals surface area (Å²) in [5.74, 6) is 0.248. The molecule has 1 aromatic heterocycles. The molecular weight excluding hydrogens is 348 g/mol. The van der Waals surface area contributed by atoms with Crippen molar-refractivity contribution in [2.45, 2.75) is 11.7 Å². The lowest BCUT2D eigenvalue weighted by Crippen LogP contribution is -2.33. The Morgan fingerprint density at radius 1 is 1.29 bits per heavy atom. The number of rotatable bonds is 2. The van der Waals surface area contributed by atoms with Crippen molar-refractivity contribution in [2.24, 2.45) is 0 Å². The van der Waals surface area contributed by atoms with Crippen molar-refractivity contribution in [1.82, 2.24) is 9.88 Å². The second kappa shape index (κ2) is 7.32. The number of nitrogens with one attached hydrogen (secondary N) is 1. The van der Waals surface area contributed by atoms with Gasteiger partial charge in [0.15, 0.2) is 5.88 Å².